The van der Waals surface area contributed by atoms with Crippen LogP contribution in [0.2, 0.25) is 0 Å². The largest absolute Gasteiger partial charge is 0.459 e. The summed E-state index contributed by atoms with van der Waals surface area (Å²) in [6, 6.07) is 0. The highest BCUT2D eigenvalue weighted by Gasteiger charge is 2.04. The van der Waals surface area contributed by atoms with Gasteiger partial charge in [0.15, 0.2) is 0 Å². The number of hydrogen-bond acceptors (Lipinski definition) is 4. The van der Waals surface area contributed by atoms with E-state index in [2.05, 4.69) is 11.3 Å². The fourth-order valence-electron chi connectivity index (χ4n) is 0.839. The Bertz CT molecular complexity index is 266. The molecule has 0 radical (unpaired) electrons. The van der Waals surface area contributed by atoms with Gasteiger partial charge in [-0.1, -0.05) is 19.6 Å². The lowest BCUT2D eigenvalue weighted by atomic mass is 10.2. The molecule has 0 bridgehead atoms. The molecule has 4 nitrogen and oxygen atoms in total. The zero-order chi connectivity index (χ0) is 11.7. The fourth-order valence-corrected chi connectivity index (χ4v) is 0.839. The van der Waals surface area contributed by atoms with Crippen LogP contribution in [0.5, 0.6) is 0 Å². The number of hydrogen-bond donors (Lipinski definition) is 0. The molecule has 0 spiro atoms. The highest BCUT2D eigenvalue weighted by molar-refractivity contribution is 5.87. The van der Waals surface area contributed by atoms with Crippen molar-refractivity contribution in [3.05, 3.63) is 24.3 Å². The van der Waals surface area contributed by atoms with Gasteiger partial charge in [0, 0.05) is 11.6 Å². The molecule has 0 fully saturated rings. The molecule has 84 valence electrons. The lowest BCUT2D eigenvalue weighted by Crippen LogP contribution is -2.13. The van der Waals surface area contributed by atoms with E-state index in [0.29, 0.717) is 5.57 Å². The zero-order valence-corrected chi connectivity index (χ0v) is 9.12. The van der Waals surface area contributed by atoms with Crippen molar-refractivity contribution in [2.75, 3.05) is 13.2 Å². The van der Waals surface area contributed by atoms with Crippen molar-refractivity contribution in [3.8, 4) is 0 Å². The third kappa shape index (κ3) is 6.49. The van der Waals surface area contributed by atoms with Crippen molar-refractivity contribution >= 4 is 11.9 Å². The van der Waals surface area contributed by atoms with Crippen LogP contribution in [-0.2, 0) is 19.1 Å². The van der Waals surface area contributed by atoms with Crippen LogP contribution in [0.3, 0.4) is 0 Å². The van der Waals surface area contributed by atoms with Crippen molar-refractivity contribution in [2.45, 2.75) is 20.3 Å². The molecule has 0 saturated heterocycles. The van der Waals surface area contributed by atoms with Crippen LogP contribution in [0, 0.1) is 0 Å². The summed E-state index contributed by atoms with van der Waals surface area (Å²) in [5.74, 6) is -0.904. The maximum atomic E-state index is 11.2. The summed E-state index contributed by atoms with van der Waals surface area (Å²) in [5.41, 5.74) is 0.563. The maximum absolute atomic E-state index is 11.2. The van der Waals surface area contributed by atoms with Crippen molar-refractivity contribution < 1.29 is 19.1 Å². The van der Waals surface area contributed by atoms with E-state index in [4.69, 9.17) is 4.74 Å². The number of carbonyl (C=O) groups excluding carboxylic acids is 2. The first-order valence-electron chi connectivity index (χ1n) is 4.74. The van der Waals surface area contributed by atoms with Gasteiger partial charge in [0.05, 0.1) is 0 Å². The molecule has 0 atom stereocenters. The van der Waals surface area contributed by atoms with Gasteiger partial charge in [0.25, 0.3) is 0 Å². The number of esters is 2. The van der Waals surface area contributed by atoms with E-state index in [1.54, 1.807) is 13.0 Å². The topological polar surface area (TPSA) is 52.6 Å². The third-order valence-electron chi connectivity index (χ3n) is 1.56. The van der Waals surface area contributed by atoms with Gasteiger partial charge in [0.1, 0.15) is 13.2 Å². The molecule has 0 aliphatic carbocycles. The standard InChI is InChI=1S/C11H16O4/c1-4-6-9(3)11(13)15-8-7-14-10(12)5-2/h5-6H,2,4,7-8H2,1,3H3. The van der Waals surface area contributed by atoms with E-state index in [0.717, 1.165) is 12.5 Å². The van der Waals surface area contributed by atoms with Gasteiger partial charge < -0.3 is 9.47 Å². The molecule has 0 heterocycles. The molecule has 0 aliphatic rings. The minimum atomic E-state index is -0.521. The highest BCUT2D eigenvalue weighted by Crippen LogP contribution is 1.98. The van der Waals surface area contributed by atoms with E-state index in [1.807, 2.05) is 6.92 Å². The number of allylic oxidation sites excluding steroid dienone is 1. The zero-order valence-electron chi connectivity index (χ0n) is 9.12. The smallest absolute Gasteiger partial charge is 0.333 e. The molecule has 0 aromatic carbocycles. The van der Waals surface area contributed by atoms with Gasteiger partial charge in [-0.3, -0.25) is 0 Å². The summed E-state index contributed by atoms with van der Waals surface area (Å²) in [6.07, 6.45) is 3.62. The van der Waals surface area contributed by atoms with Crippen molar-refractivity contribution in [3.63, 3.8) is 0 Å². The van der Waals surface area contributed by atoms with Gasteiger partial charge in [-0.15, -0.1) is 0 Å². The van der Waals surface area contributed by atoms with E-state index in [1.165, 1.54) is 0 Å². The van der Waals surface area contributed by atoms with Crippen LogP contribution in [-0.4, -0.2) is 25.2 Å². The Balaban J connectivity index is 3.68. The average molecular weight is 212 g/mol. The minimum Gasteiger partial charge on any atom is -0.459 e. The first-order chi connectivity index (χ1) is 7.11. The molecule has 0 aliphatic heterocycles. The molecule has 0 N–H and O–H groups in total. The summed E-state index contributed by atoms with van der Waals surface area (Å²) < 4.78 is 9.46. The van der Waals surface area contributed by atoms with Crippen molar-refractivity contribution in [2.24, 2.45) is 0 Å². The highest BCUT2D eigenvalue weighted by atomic mass is 16.6. The molecule has 0 amide bonds. The van der Waals surface area contributed by atoms with E-state index in [9.17, 15) is 9.59 Å². The molecule has 0 aromatic heterocycles. The Morgan fingerprint density at radius 1 is 1.27 bits per heavy atom. The predicted octanol–water partition coefficient (Wildman–Crippen LogP) is 1.62. The Kier molecular flexibility index (Phi) is 6.97. The number of ether oxygens (including phenoxy) is 2. The predicted molar refractivity (Wildman–Crippen MR) is 56.2 cm³/mol. The number of rotatable bonds is 6. The van der Waals surface area contributed by atoms with Gasteiger partial charge in [0.2, 0.25) is 0 Å². The van der Waals surface area contributed by atoms with E-state index in [-0.39, 0.29) is 19.2 Å². The van der Waals surface area contributed by atoms with Crippen LogP contribution < -0.4 is 0 Å². The third-order valence-corrected chi connectivity index (χ3v) is 1.56. The Labute approximate surface area is 89.6 Å². The van der Waals surface area contributed by atoms with Gasteiger partial charge >= 0.3 is 11.9 Å². The summed E-state index contributed by atoms with van der Waals surface area (Å²) >= 11 is 0. The average Bonchev–Trinajstić information content (AvgIpc) is 2.23. The molecule has 4 heteroatoms. The first kappa shape index (κ1) is 13.4. The normalized spacial score (nSPS) is 10.7. The van der Waals surface area contributed by atoms with E-state index < -0.39 is 5.97 Å². The lowest BCUT2D eigenvalue weighted by molar-refractivity contribution is -0.146. The summed E-state index contributed by atoms with van der Waals surface area (Å²) in [7, 11) is 0. The monoisotopic (exact) mass is 212 g/mol. The minimum absolute atomic E-state index is 0.0516. The number of carbonyl (C=O) groups is 2. The second kappa shape index (κ2) is 7.79. The molecule has 0 aromatic rings. The van der Waals surface area contributed by atoms with Crippen LogP contribution in [0.1, 0.15) is 20.3 Å². The van der Waals surface area contributed by atoms with Crippen LogP contribution >= 0.6 is 0 Å². The maximum Gasteiger partial charge on any atom is 0.333 e. The van der Waals surface area contributed by atoms with Crippen LogP contribution in [0.15, 0.2) is 24.3 Å². The molecule has 15 heavy (non-hydrogen) atoms. The lowest BCUT2D eigenvalue weighted by Gasteiger charge is -2.04. The fraction of sp³-hybridized carbons (Fsp3) is 0.455. The SMILES string of the molecule is C=CC(=O)OCCOC(=O)C(C)=CCC. The van der Waals surface area contributed by atoms with Gasteiger partial charge in [-0.05, 0) is 13.3 Å². The van der Waals surface area contributed by atoms with Gasteiger partial charge in [-0.25, -0.2) is 9.59 Å². The first-order valence-corrected chi connectivity index (χ1v) is 4.74. The molecule has 0 rings (SSSR count). The second-order valence-corrected chi connectivity index (χ2v) is 2.80. The quantitative estimate of drug-likeness (QED) is 0.381. The molecular weight excluding hydrogens is 196 g/mol. The van der Waals surface area contributed by atoms with Gasteiger partial charge in [-0.2, -0.15) is 0 Å². The Hall–Kier alpha value is -1.58. The molecule has 0 saturated carbocycles. The Morgan fingerprint density at radius 3 is 2.40 bits per heavy atom. The Morgan fingerprint density at radius 2 is 1.87 bits per heavy atom. The second-order valence-electron chi connectivity index (χ2n) is 2.80. The summed E-state index contributed by atoms with van der Waals surface area (Å²) in [5, 5.41) is 0. The van der Waals surface area contributed by atoms with E-state index >= 15 is 0 Å². The summed E-state index contributed by atoms with van der Waals surface area (Å²) in [4.78, 5) is 21.8. The van der Waals surface area contributed by atoms with Crippen LogP contribution in [0.25, 0.3) is 0 Å². The molecule has 0 unspecified atom stereocenters. The van der Waals surface area contributed by atoms with Crippen molar-refractivity contribution in [1.29, 1.82) is 0 Å². The van der Waals surface area contributed by atoms with Crippen molar-refractivity contribution in [1.82, 2.24) is 0 Å². The van der Waals surface area contributed by atoms with Crippen LogP contribution in [0.4, 0.5) is 0 Å². The summed E-state index contributed by atoms with van der Waals surface area (Å²) in [6.45, 7) is 6.97. The molecular formula is C11H16O4.